The van der Waals surface area contributed by atoms with E-state index in [1.54, 1.807) is 0 Å². The third kappa shape index (κ3) is 4.17. The molecule has 0 bridgehead atoms. The maximum Gasteiger partial charge on any atom is 0.0541 e. The van der Waals surface area contributed by atoms with Crippen LogP contribution in [0.25, 0.3) is 88.4 Å². The molecule has 0 N–H and O–H groups in total. The summed E-state index contributed by atoms with van der Waals surface area (Å²) in [6, 6.07) is 66.7. The van der Waals surface area contributed by atoms with Gasteiger partial charge >= 0.3 is 0 Å². The summed E-state index contributed by atoms with van der Waals surface area (Å²) in [5, 5.41) is 5.12. The molecule has 0 amide bonds. The van der Waals surface area contributed by atoms with Crippen LogP contribution in [0.3, 0.4) is 0 Å². The molecule has 0 spiro atoms. The van der Waals surface area contributed by atoms with Crippen molar-refractivity contribution in [3.05, 3.63) is 193 Å². The van der Waals surface area contributed by atoms with Gasteiger partial charge in [0.1, 0.15) is 0 Å². The maximum absolute atomic E-state index is 2.41. The second-order valence-electron chi connectivity index (χ2n) is 13.7. The molecule has 51 heavy (non-hydrogen) atoms. The van der Waals surface area contributed by atoms with Gasteiger partial charge in [0, 0.05) is 32.9 Å². The van der Waals surface area contributed by atoms with Gasteiger partial charge in [-0.1, -0.05) is 121 Å². The molecular weight excluding hydrogens is 617 g/mol. The fourth-order valence-electron chi connectivity index (χ4n) is 8.77. The summed E-state index contributed by atoms with van der Waals surface area (Å²) in [5.74, 6) is 0. The zero-order valence-electron chi connectivity index (χ0n) is 27.9. The molecule has 10 aromatic rings. The predicted octanol–water partition coefficient (Wildman–Crippen LogP) is 12.8. The van der Waals surface area contributed by atoms with Crippen LogP contribution in [0.2, 0.25) is 0 Å². The summed E-state index contributed by atoms with van der Waals surface area (Å²) in [6.45, 7) is 0. The Bertz CT molecular complexity index is 2780. The Morgan fingerprint density at radius 2 is 0.686 bits per heavy atom. The number of nitrogens with zero attached hydrogens (tertiary/aromatic N) is 2. The second kappa shape index (κ2) is 10.9. The average Bonchev–Trinajstić information content (AvgIpc) is 3.86. The van der Waals surface area contributed by atoms with Gasteiger partial charge in [-0.3, -0.25) is 0 Å². The molecule has 0 fully saturated rings. The van der Waals surface area contributed by atoms with Gasteiger partial charge < -0.3 is 9.13 Å². The second-order valence-corrected chi connectivity index (χ2v) is 13.7. The third-order valence-electron chi connectivity index (χ3n) is 11.0. The Hall–Kier alpha value is -6.64. The SMILES string of the molecule is c1ccc(-n2c3ccccc3c3cc(-c4cccc5c4Cc4c(-c6ccc7c(c6)c6ccccc6n7-c6ccccc6)cccc4-5)ccc32)cc1. The van der Waals surface area contributed by atoms with E-state index in [9.17, 15) is 0 Å². The molecule has 1 aliphatic rings. The zero-order chi connectivity index (χ0) is 33.5. The molecule has 0 radical (unpaired) electrons. The zero-order valence-corrected chi connectivity index (χ0v) is 27.9. The number of hydrogen-bond donors (Lipinski definition) is 0. The summed E-state index contributed by atoms with van der Waals surface area (Å²) in [6.07, 6.45) is 0.907. The first-order valence-corrected chi connectivity index (χ1v) is 17.7. The van der Waals surface area contributed by atoms with E-state index in [0.717, 1.165) is 6.42 Å². The van der Waals surface area contributed by atoms with Gasteiger partial charge in [0.2, 0.25) is 0 Å². The van der Waals surface area contributed by atoms with Crippen molar-refractivity contribution >= 4 is 43.6 Å². The van der Waals surface area contributed by atoms with Crippen molar-refractivity contribution < 1.29 is 0 Å². The van der Waals surface area contributed by atoms with E-state index in [-0.39, 0.29) is 0 Å². The Kier molecular flexibility index (Phi) is 6.05. The van der Waals surface area contributed by atoms with Crippen LogP contribution in [0.15, 0.2) is 182 Å². The number of para-hydroxylation sites is 4. The minimum absolute atomic E-state index is 0.907. The Labute approximate surface area is 296 Å². The van der Waals surface area contributed by atoms with Crippen molar-refractivity contribution in [2.75, 3.05) is 0 Å². The van der Waals surface area contributed by atoms with E-state index in [4.69, 9.17) is 0 Å². The molecule has 0 saturated carbocycles. The fourth-order valence-corrected chi connectivity index (χ4v) is 8.77. The lowest BCUT2D eigenvalue weighted by Crippen LogP contribution is -1.93. The largest absolute Gasteiger partial charge is 0.309 e. The number of hydrogen-bond acceptors (Lipinski definition) is 0. The Balaban J connectivity index is 1.04. The van der Waals surface area contributed by atoms with E-state index in [1.165, 1.54) is 99.5 Å². The summed E-state index contributed by atoms with van der Waals surface area (Å²) >= 11 is 0. The molecular formula is C49H32N2. The fraction of sp³-hybridized carbons (Fsp3) is 0.0204. The quantitative estimate of drug-likeness (QED) is 0.180. The van der Waals surface area contributed by atoms with Crippen LogP contribution in [0.4, 0.5) is 0 Å². The van der Waals surface area contributed by atoms with Gasteiger partial charge in [-0.25, -0.2) is 0 Å². The van der Waals surface area contributed by atoms with Gasteiger partial charge in [0.15, 0.2) is 0 Å². The van der Waals surface area contributed by atoms with Crippen molar-refractivity contribution in [3.63, 3.8) is 0 Å². The van der Waals surface area contributed by atoms with Gasteiger partial charge in [-0.05, 0) is 112 Å². The monoisotopic (exact) mass is 648 g/mol. The van der Waals surface area contributed by atoms with Gasteiger partial charge in [-0.15, -0.1) is 0 Å². The van der Waals surface area contributed by atoms with E-state index in [0.29, 0.717) is 0 Å². The van der Waals surface area contributed by atoms with Crippen LogP contribution < -0.4 is 0 Å². The molecule has 2 heteroatoms. The van der Waals surface area contributed by atoms with Crippen LogP contribution in [0.5, 0.6) is 0 Å². The first-order chi connectivity index (χ1) is 25.3. The van der Waals surface area contributed by atoms with Crippen LogP contribution in [0, 0.1) is 0 Å². The molecule has 2 heterocycles. The van der Waals surface area contributed by atoms with Gasteiger partial charge in [-0.2, -0.15) is 0 Å². The Morgan fingerprint density at radius 3 is 1.16 bits per heavy atom. The highest BCUT2D eigenvalue weighted by Gasteiger charge is 2.25. The lowest BCUT2D eigenvalue weighted by molar-refractivity contribution is 1.18. The van der Waals surface area contributed by atoms with E-state index in [1.807, 2.05) is 0 Å². The van der Waals surface area contributed by atoms with Crippen molar-refractivity contribution in [1.82, 2.24) is 9.13 Å². The first kappa shape index (κ1) is 28.2. The number of fused-ring (bicyclic) bond motifs is 9. The van der Waals surface area contributed by atoms with Crippen molar-refractivity contribution in [2.45, 2.75) is 6.42 Å². The minimum Gasteiger partial charge on any atom is -0.309 e. The maximum atomic E-state index is 2.41. The van der Waals surface area contributed by atoms with Gasteiger partial charge in [0.25, 0.3) is 0 Å². The smallest absolute Gasteiger partial charge is 0.0541 e. The van der Waals surface area contributed by atoms with Crippen molar-refractivity contribution in [3.8, 4) is 44.8 Å². The normalized spacial score (nSPS) is 12.2. The van der Waals surface area contributed by atoms with E-state index >= 15 is 0 Å². The third-order valence-corrected chi connectivity index (χ3v) is 11.0. The molecule has 8 aromatic carbocycles. The molecule has 2 nitrogen and oxygen atoms in total. The highest BCUT2D eigenvalue weighted by molar-refractivity contribution is 6.12. The van der Waals surface area contributed by atoms with Crippen LogP contribution in [-0.4, -0.2) is 9.13 Å². The Morgan fingerprint density at radius 1 is 0.294 bits per heavy atom. The summed E-state index contributed by atoms with van der Waals surface area (Å²) in [4.78, 5) is 0. The average molecular weight is 649 g/mol. The highest BCUT2D eigenvalue weighted by atomic mass is 15.0. The van der Waals surface area contributed by atoms with Crippen molar-refractivity contribution in [2.24, 2.45) is 0 Å². The molecule has 0 unspecified atom stereocenters. The lowest BCUT2D eigenvalue weighted by Gasteiger charge is -2.11. The molecule has 11 rings (SSSR count). The molecule has 0 aliphatic heterocycles. The van der Waals surface area contributed by atoms with Gasteiger partial charge in [0.05, 0.1) is 22.1 Å². The van der Waals surface area contributed by atoms with Crippen LogP contribution in [0.1, 0.15) is 11.1 Å². The predicted molar refractivity (Wildman–Crippen MR) is 214 cm³/mol. The highest BCUT2D eigenvalue weighted by Crippen LogP contribution is 2.47. The summed E-state index contributed by atoms with van der Waals surface area (Å²) < 4.78 is 4.78. The molecule has 1 aliphatic carbocycles. The molecule has 0 saturated heterocycles. The lowest BCUT2D eigenvalue weighted by atomic mass is 9.94. The number of benzene rings is 8. The molecule has 238 valence electrons. The summed E-state index contributed by atoms with van der Waals surface area (Å²) in [5.41, 5.74) is 18.0. The number of aromatic nitrogens is 2. The van der Waals surface area contributed by atoms with Crippen molar-refractivity contribution in [1.29, 1.82) is 0 Å². The topological polar surface area (TPSA) is 9.86 Å². The number of rotatable bonds is 4. The van der Waals surface area contributed by atoms with Crippen LogP contribution >= 0.6 is 0 Å². The van der Waals surface area contributed by atoms with Crippen LogP contribution in [-0.2, 0) is 6.42 Å². The molecule has 0 atom stereocenters. The van der Waals surface area contributed by atoms with E-state index in [2.05, 4.69) is 191 Å². The summed E-state index contributed by atoms with van der Waals surface area (Å²) in [7, 11) is 0. The standard InChI is InChI=1S/C49H32N2/c1-3-13-34(14-4-1)50-46-23-9-7-17-40(46)44-29-32(25-27-48(44)50)36-19-11-21-38-39-22-12-20-37(43(39)31-42(36)38)33-26-28-49-45(30-33)41-18-8-10-24-47(41)51(49)35-15-5-2-6-16-35/h1-30H,31H2. The first-order valence-electron chi connectivity index (χ1n) is 17.7. The van der Waals surface area contributed by atoms with E-state index < -0.39 is 0 Å². The molecule has 2 aromatic heterocycles. The minimum atomic E-state index is 0.907.